The van der Waals surface area contributed by atoms with Crippen LogP contribution in [0.3, 0.4) is 0 Å². The third kappa shape index (κ3) is 10.9. The maximum atomic E-state index is 15.1. The van der Waals surface area contributed by atoms with Crippen LogP contribution in [0.5, 0.6) is 0 Å². The molecule has 5 nitrogen and oxygen atoms in total. The molecule has 0 heterocycles. The van der Waals surface area contributed by atoms with Gasteiger partial charge in [0, 0.05) is 36.4 Å². The Balaban J connectivity index is 2.07. The monoisotopic (exact) mass is 770 g/mol. The molecule has 0 radical (unpaired) electrons. The van der Waals surface area contributed by atoms with Crippen molar-refractivity contribution in [3.63, 3.8) is 0 Å². The van der Waals surface area contributed by atoms with Gasteiger partial charge in [-0.2, -0.15) is 0 Å². The van der Waals surface area contributed by atoms with E-state index >= 15 is 4.57 Å². The Labute approximate surface area is 315 Å². The van der Waals surface area contributed by atoms with Crippen molar-refractivity contribution in [1.29, 1.82) is 0 Å². The number of hydrogen-bond acceptors (Lipinski definition) is 5. The van der Waals surface area contributed by atoms with E-state index < -0.39 is 32.1 Å². The summed E-state index contributed by atoms with van der Waals surface area (Å²) in [7, 11) is -9.35. The summed E-state index contributed by atoms with van der Waals surface area (Å²) in [4.78, 5) is 0. The van der Waals surface area contributed by atoms with Crippen molar-refractivity contribution in [3.05, 3.63) is 84.5 Å². The lowest BCUT2D eigenvalue weighted by atomic mass is 9.84. The fourth-order valence-electron chi connectivity index (χ4n) is 5.50. The first-order chi connectivity index (χ1) is 23.2. The third-order valence-electron chi connectivity index (χ3n) is 12.1. The lowest BCUT2D eigenvalue weighted by Crippen LogP contribution is -2.57. The molecule has 0 spiro atoms. The second-order valence-corrected chi connectivity index (χ2v) is 36.3. The Morgan fingerprint density at radius 3 is 1.61 bits per heavy atom. The highest BCUT2D eigenvalue weighted by Crippen LogP contribution is 2.48. The highest BCUT2D eigenvalue weighted by atomic mass is 31.2. The lowest BCUT2D eigenvalue weighted by Gasteiger charge is -2.49. The topological polar surface area (TPSA) is 54.0 Å². The highest BCUT2D eigenvalue weighted by molar-refractivity contribution is 7.78. The van der Waals surface area contributed by atoms with Crippen LogP contribution in [0.2, 0.25) is 54.4 Å². The summed E-state index contributed by atoms with van der Waals surface area (Å²) < 4.78 is 43.1. The quantitative estimate of drug-likeness (QED) is 0.109. The maximum absolute atomic E-state index is 15.1. The summed E-state index contributed by atoms with van der Waals surface area (Å²) in [5, 5.41) is 1.88. The summed E-state index contributed by atoms with van der Waals surface area (Å²) in [5.74, 6) is 0. The molecule has 3 rings (SSSR count). The van der Waals surface area contributed by atoms with Crippen LogP contribution in [0.4, 0.5) is 0 Å². The van der Waals surface area contributed by atoms with Gasteiger partial charge in [0.25, 0.3) is 0 Å². The molecule has 2 aromatic carbocycles. The SMILES string of the molecule is C=C1C(=CCP(=O)(c2ccccc2)c2ccccc2)CC(O[Si](C)(C)C(C)(C)C)C(OCCCO[Si](C)(C)C(C)(C)C)C1O[Si](C)(C)C(C)(C)C. The summed E-state index contributed by atoms with van der Waals surface area (Å²) >= 11 is 0. The minimum Gasteiger partial charge on any atom is -0.417 e. The molecule has 0 N–H and O–H groups in total. The standard InChI is InChI=1S/C42H71O5PSi3/c1-33-34(28-31-48(43,35-24-19-17-20-25-35)36-26-21-18-22-27-36)32-37(46-50(13,14)41(5,6)7)39(38(33)47-51(15,16)42(8,9)10)44-29-23-30-45-49(11,12)40(2,3)4/h17-22,24-28,37-39H,1,23,29-32H2,2-16H3. The normalized spacial score (nSPS) is 21.0. The molecule has 3 atom stereocenters. The van der Waals surface area contributed by atoms with Crippen LogP contribution >= 0.6 is 7.14 Å². The average molecular weight is 771 g/mol. The van der Waals surface area contributed by atoms with Crippen LogP contribution < -0.4 is 10.6 Å². The highest BCUT2D eigenvalue weighted by Gasteiger charge is 2.49. The second kappa shape index (κ2) is 16.6. The fourth-order valence-corrected chi connectivity index (χ4v) is 11.7. The molecule has 1 aliphatic rings. The first-order valence-corrected chi connectivity index (χ1v) is 29.5. The van der Waals surface area contributed by atoms with Crippen LogP contribution in [0.25, 0.3) is 0 Å². The number of rotatable bonds is 14. The van der Waals surface area contributed by atoms with Crippen molar-refractivity contribution in [3.8, 4) is 0 Å². The van der Waals surface area contributed by atoms with E-state index in [0.717, 1.165) is 28.2 Å². The van der Waals surface area contributed by atoms with Crippen LogP contribution in [-0.4, -0.2) is 62.6 Å². The summed E-state index contributed by atoms with van der Waals surface area (Å²) in [6.07, 6.45) is 3.08. The summed E-state index contributed by atoms with van der Waals surface area (Å²) in [5.41, 5.74) is 1.99. The predicted octanol–water partition coefficient (Wildman–Crippen LogP) is 11.5. The van der Waals surface area contributed by atoms with Gasteiger partial charge in [-0.1, -0.05) is 136 Å². The lowest BCUT2D eigenvalue weighted by molar-refractivity contribution is -0.0879. The molecule has 0 aliphatic heterocycles. The van der Waals surface area contributed by atoms with Gasteiger partial charge in [0.1, 0.15) is 13.2 Å². The predicted molar refractivity (Wildman–Crippen MR) is 228 cm³/mol. The molecular weight excluding hydrogens is 700 g/mol. The van der Waals surface area contributed by atoms with Crippen molar-refractivity contribution < 1.29 is 22.6 Å². The van der Waals surface area contributed by atoms with Crippen molar-refractivity contribution in [1.82, 2.24) is 0 Å². The van der Waals surface area contributed by atoms with Gasteiger partial charge in [-0.3, -0.25) is 0 Å². The Hall–Kier alpha value is -1.36. The largest absolute Gasteiger partial charge is 0.417 e. The molecule has 1 fully saturated rings. The van der Waals surface area contributed by atoms with E-state index in [1.54, 1.807) is 0 Å². The van der Waals surface area contributed by atoms with Gasteiger partial charge in [-0.25, -0.2) is 0 Å². The molecule has 0 aromatic heterocycles. The van der Waals surface area contributed by atoms with Crippen molar-refractivity contribution in [2.45, 2.75) is 148 Å². The van der Waals surface area contributed by atoms with E-state index in [-0.39, 0.29) is 33.4 Å². The summed E-state index contributed by atoms with van der Waals surface area (Å²) in [6, 6.07) is 19.8. The third-order valence-corrected chi connectivity index (χ3v) is 28.6. The zero-order chi connectivity index (χ0) is 38.7. The molecule has 286 valence electrons. The van der Waals surface area contributed by atoms with Gasteiger partial charge >= 0.3 is 0 Å². The fraction of sp³-hybridized carbons (Fsp3) is 0.619. The first kappa shape index (κ1) is 44.0. The van der Waals surface area contributed by atoms with Gasteiger partial charge in [0.2, 0.25) is 0 Å². The number of benzene rings is 2. The Morgan fingerprint density at radius 2 is 1.16 bits per heavy atom. The molecule has 2 aromatic rings. The number of hydrogen-bond donors (Lipinski definition) is 0. The van der Waals surface area contributed by atoms with Gasteiger partial charge < -0.3 is 22.6 Å². The zero-order valence-electron chi connectivity index (χ0n) is 34.8. The molecule has 1 saturated carbocycles. The van der Waals surface area contributed by atoms with E-state index in [2.05, 4.69) is 108 Å². The Bertz CT molecular complexity index is 1470. The molecule has 9 heteroatoms. The van der Waals surface area contributed by atoms with Crippen molar-refractivity contribution in [2.75, 3.05) is 19.4 Å². The van der Waals surface area contributed by atoms with E-state index in [1.165, 1.54) is 0 Å². The molecule has 0 saturated heterocycles. The van der Waals surface area contributed by atoms with Crippen LogP contribution in [-0.2, 0) is 22.6 Å². The Kier molecular flexibility index (Phi) is 14.3. The van der Waals surface area contributed by atoms with E-state index in [9.17, 15) is 0 Å². The minimum absolute atomic E-state index is 0.0116. The number of allylic oxidation sites excluding steroid dienone is 1. The van der Waals surface area contributed by atoms with E-state index in [4.69, 9.17) is 24.6 Å². The van der Waals surface area contributed by atoms with Gasteiger partial charge in [0.15, 0.2) is 25.0 Å². The van der Waals surface area contributed by atoms with Crippen LogP contribution in [0, 0.1) is 0 Å². The molecule has 0 amide bonds. The molecule has 51 heavy (non-hydrogen) atoms. The maximum Gasteiger partial charge on any atom is 0.193 e. The second-order valence-electron chi connectivity index (χ2n) is 19.1. The molecule has 1 aliphatic carbocycles. The average Bonchev–Trinajstić information content (AvgIpc) is 3.01. The number of ether oxygens (including phenoxy) is 1. The van der Waals surface area contributed by atoms with E-state index in [0.29, 0.717) is 25.8 Å². The van der Waals surface area contributed by atoms with Crippen LogP contribution in [0.15, 0.2) is 84.5 Å². The summed E-state index contributed by atoms with van der Waals surface area (Å²) in [6.45, 7) is 40.3. The molecular formula is C42H71O5PSi3. The van der Waals surface area contributed by atoms with Gasteiger partial charge in [0.05, 0.1) is 12.2 Å². The van der Waals surface area contributed by atoms with Crippen molar-refractivity contribution >= 4 is 42.7 Å². The minimum atomic E-state index is -2.98. The molecule has 3 unspecified atom stereocenters. The zero-order valence-corrected chi connectivity index (χ0v) is 38.7. The first-order valence-electron chi connectivity index (χ1n) is 18.9. The molecule has 0 bridgehead atoms. The smallest absolute Gasteiger partial charge is 0.193 e. The van der Waals surface area contributed by atoms with Crippen LogP contribution in [0.1, 0.15) is 75.2 Å². The Morgan fingerprint density at radius 1 is 0.706 bits per heavy atom. The van der Waals surface area contributed by atoms with Gasteiger partial charge in [-0.05, 0) is 72.0 Å². The van der Waals surface area contributed by atoms with E-state index in [1.807, 2.05) is 60.7 Å². The van der Waals surface area contributed by atoms with Gasteiger partial charge in [-0.15, -0.1) is 0 Å². The van der Waals surface area contributed by atoms with Crippen molar-refractivity contribution in [2.24, 2.45) is 0 Å².